The molecule has 3 nitrogen and oxygen atoms in total. The Bertz CT molecular complexity index is 376. The predicted octanol–water partition coefficient (Wildman–Crippen LogP) is 2.76. The van der Waals surface area contributed by atoms with E-state index in [0.29, 0.717) is 25.2 Å². The highest BCUT2D eigenvalue weighted by atomic mass is 16.6. The summed E-state index contributed by atoms with van der Waals surface area (Å²) in [7, 11) is 2.00. The van der Waals surface area contributed by atoms with E-state index in [1.165, 1.54) is 5.56 Å². The lowest BCUT2D eigenvalue weighted by atomic mass is 9.96. The fourth-order valence-corrected chi connectivity index (χ4v) is 2.24. The highest BCUT2D eigenvalue weighted by Gasteiger charge is 2.21. The van der Waals surface area contributed by atoms with Gasteiger partial charge in [-0.25, -0.2) is 0 Å². The Morgan fingerprint density at radius 3 is 2.71 bits per heavy atom. The van der Waals surface area contributed by atoms with Crippen LogP contribution in [0.2, 0.25) is 0 Å². The van der Waals surface area contributed by atoms with Crippen molar-refractivity contribution in [2.45, 2.75) is 26.3 Å². The minimum Gasteiger partial charge on any atom is -0.486 e. The van der Waals surface area contributed by atoms with E-state index in [0.717, 1.165) is 17.9 Å². The number of hydrogen-bond donors (Lipinski definition) is 1. The van der Waals surface area contributed by atoms with Crippen LogP contribution in [-0.2, 0) is 0 Å². The highest BCUT2D eigenvalue weighted by molar-refractivity contribution is 5.48. The summed E-state index contributed by atoms with van der Waals surface area (Å²) in [4.78, 5) is 0. The van der Waals surface area contributed by atoms with Crippen LogP contribution in [0.1, 0.15) is 31.9 Å². The van der Waals surface area contributed by atoms with Gasteiger partial charge in [0.05, 0.1) is 0 Å². The fraction of sp³-hybridized carbons (Fsp3) is 0.571. The van der Waals surface area contributed by atoms with Gasteiger partial charge in [-0.05, 0) is 25.5 Å². The summed E-state index contributed by atoms with van der Waals surface area (Å²) >= 11 is 0. The van der Waals surface area contributed by atoms with Crippen molar-refractivity contribution in [3.63, 3.8) is 0 Å². The minimum absolute atomic E-state index is 0.326. The molecule has 2 rings (SSSR count). The Hall–Kier alpha value is -1.22. The van der Waals surface area contributed by atoms with Crippen LogP contribution in [0.15, 0.2) is 18.2 Å². The molecule has 1 heterocycles. The van der Waals surface area contributed by atoms with E-state index in [1.54, 1.807) is 0 Å². The van der Waals surface area contributed by atoms with Gasteiger partial charge in [0.15, 0.2) is 11.5 Å². The number of para-hydroxylation sites is 1. The summed E-state index contributed by atoms with van der Waals surface area (Å²) in [5, 5.41) is 3.36. The van der Waals surface area contributed by atoms with Gasteiger partial charge in [-0.2, -0.15) is 0 Å². The second kappa shape index (κ2) is 5.41. The zero-order valence-corrected chi connectivity index (χ0v) is 10.8. The van der Waals surface area contributed by atoms with E-state index >= 15 is 0 Å². The van der Waals surface area contributed by atoms with E-state index in [-0.39, 0.29) is 0 Å². The molecule has 0 spiro atoms. The molecule has 1 N–H and O–H groups in total. The van der Waals surface area contributed by atoms with Crippen LogP contribution in [0.5, 0.6) is 11.5 Å². The van der Waals surface area contributed by atoms with Crippen molar-refractivity contribution in [1.29, 1.82) is 0 Å². The van der Waals surface area contributed by atoms with E-state index in [2.05, 4.69) is 25.2 Å². The molecular weight excluding hydrogens is 214 g/mol. The van der Waals surface area contributed by atoms with Gasteiger partial charge < -0.3 is 14.8 Å². The van der Waals surface area contributed by atoms with Crippen LogP contribution in [0.3, 0.4) is 0 Å². The summed E-state index contributed by atoms with van der Waals surface area (Å²) < 4.78 is 11.4. The molecule has 17 heavy (non-hydrogen) atoms. The van der Waals surface area contributed by atoms with Crippen LogP contribution >= 0.6 is 0 Å². The average Bonchev–Trinajstić information content (AvgIpc) is 2.35. The minimum atomic E-state index is 0.326. The first-order valence-electron chi connectivity index (χ1n) is 6.28. The van der Waals surface area contributed by atoms with E-state index in [9.17, 15) is 0 Å². The predicted molar refractivity (Wildman–Crippen MR) is 68.7 cm³/mol. The molecule has 1 aromatic carbocycles. The Labute approximate surface area is 103 Å². The first-order valence-corrected chi connectivity index (χ1v) is 6.28. The topological polar surface area (TPSA) is 30.5 Å². The van der Waals surface area contributed by atoms with Crippen molar-refractivity contribution in [3.8, 4) is 11.5 Å². The molecule has 0 bridgehead atoms. The molecule has 3 heteroatoms. The van der Waals surface area contributed by atoms with Crippen molar-refractivity contribution >= 4 is 0 Å². The third-order valence-corrected chi connectivity index (χ3v) is 3.03. The van der Waals surface area contributed by atoms with E-state index < -0.39 is 0 Å². The van der Waals surface area contributed by atoms with Gasteiger partial charge in [-0.15, -0.1) is 0 Å². The lowest BCUT2D eigenvalue weighted by Gasteiger charge is -2.26. The van der Waals surface area contributed by atoms with Crippen molar-refractivity contribution in [2.24, 2.45) is 5.92 Å². The fourth-order valence-electron chi connectivity index (χ4n) is 2.24. The zero-order valence-electron chi connectivity index (χ0n) is 10.8. The van der Waals surface area contributed by atoms with Crippen LogP contribution in [0.25, 0.3) is 0 Å². The second-order valence-corrected chi connectivity index (χ2v) is 4.84. The molecule has 1 aliphatic rings. The molecule has 0 amide bonds. The van der Waals surface area contributed by atoms with Crippen LogP contribution < -0.4 is 14.8 Å². The zero-order chi connectivity index (χ0) is 12.3. The quantitative estimate of drug-likeness (QED) is 0.870. The van der Waals surface area contributed by atoms with E-state index in [1.807, 2.05) is 19.2 Å². The Morgan fingerprint density at radius 1 is 1.24 bits per heavy atom. The maximum atomic E-state index is 5.75. The number of fused-ring (bicyclic) bond motifs is 1. The number of rotatable bonds is 4. The molecule has 0 radical (unpaired) electrons. The maximum absolute atomic E-state index is 5.75. The molecule has 1 aromatic rings. The summed E-state index contributed by atoms with van der Waals surface area (Å²) in [6, 6.07) is 6.46. The second-order valence-electron chi connectivity index (χ2n) is 4.84. The van der Waals surface area contributed by atoms with Gasteiger partial charge in [-0.1, -0.05) is 26.0 Å². The lowest BCUT2D eigenvalue weighted by molar-refractivity contribution is 0.168. The van der Waals surface area contributed by atoms with Crippen LogP contribution in [0, 0.1) is 5.92 Å². The molecule has 0 fully saturated rings. The molecule has 0 aromatic heterocycles. The number of hydrogen-bond acceptors (Lipinski definition) is 3. The maximum Gasteiger partial charge on any atom is 0.166 e. The van der Waals surface area contributed by atoms with Gasteiger partial charge in [0.25, 0.3) is 0 Å². The first-order chi connectivity index (χ1) is 8.22. The summed E-state index contributed by atoms with van der Waals surface area (Å²) in [5.41, 5.74) is 1.21. The Balaban J connectivity index is 2.29. The molecule has 1 atom stereocenters. The van der Waals surface area contributed by atoms with Gasteiger partial charge in [0.2, 0.25) is 0 Å². The van der Waals surface area contributed by atoms with Crippen LogP contribution in [-0.4, -0.2) is 20.3 Å². The van der Waals surface area contributed by atoms with Gasteiger partial charge in [0, 0.05) is 11.6 Å². The first kappa shape index (κ1) is 12.2. The smallest absolute Gasteiger partial charge is 0.166 e. The molecular formula is C14H21NO2. The molecule has 0 saturated carbocycles. The third kappa shape index (κ3) is 2.72. The summed E-state index contributed by atoms with van der Waals surface area (Å²) in [6.45, 7) is 5.75. The monoisotopic (exact) mass is 235 g/mol. The average molecular weight is 235 g/mol. The van der Waals surface area contributed by atoms with Crippen molar-refractivity contribution in [1.82, 2.24) is 5.32 Å². The van der Waals surface area contributed by atoms with E-state index in [4.69, 9.17) is 9.47 Å². The Morgan fingerprint density at radius 2 is 2.00 bits per heavy atom. The molecule has 1 unspecified atom stereocenters. The van der Waals surface area contributed by atoms with Gasteiger partial charge in [-0.3, -0.25) is 0 Å². The molecule has 0 aliphatic carbocycles. The lowest BCUT2D eigenvalue weighted by Crippen LogP contribution is -2.22. The SMILES string of the molecule is CNC(CC(C)C)c1cccc2c1OCCO2. The van der Waals surface area contributed by atoms with Gasteiger partial charge in [0.1, 0.15) is 13.2 Å². The largest absolute Gasteiger partial charge is 0.486 e. The third-order valence-electron chi connectivity index (χ3n) is 3.03. The number of nitrogens with one attached hydrogen (secondary N) is 1. The highest BCUT2D eigenvalue weighted by Crippen LogP contribution is 2.38. The number of ether oxygens (including phenoxy) is 2. The van der Waals surface area contributed by atoms with Crippen molar-refractivity contribution < 1.29 is 9.47 Å². The van der Waals surface area contributed by atoms with Crippen LogP contribution in [0.4, 0.5) is 0 Å². The number of benzene rings is 1. The molecule has 94 valence electrons. The Kier molecular flexibility index (Phi) is 3.89. The van der Waals surface area contributed by atoms with Crippen molar-refractivity contribution in [2.75, 3.05) is 20.3 Å². The summed E-state index contributed by atoms with van der Waals surface area (Å²) in [6.07, 6.45) is 1.09. The molecule has 0 saturated heterocycles. The standard InChI is InChI=1S/C14H21NO2/c1-10(2)9-12(15-3)11-5-4-6-13-14(11)17-8-7-16-13/h4-6,10,12,15H,7-9H2,1-3H3. The normalized spacial score (nSPS) is 16.0. The van der Waals surface area contributed by atoms with Gasteiger partial charge >= 0.3 is 0 Å². The van der Waals surface area contributed by atoms with Crippen molar-refractivity contribution in [3.05, 3.63) is 23.8 Å². The molecule has 1 aliphatic heterocycles. The summed E-state index contributed by atoms with van der Waals surface area (Å²) in [5.74, 6) is 2.43.